The van der Waals surface area contributed by atoms with E-state index >= 15 is 0 Å². The number of ether oxygens (including phenoxy) is 1. The van der Waals surface area contributed by atoms with Crippen molar-refractivity contribution in [3.05, 3.63) is 78.1 Å². The van der Waals surface area contributed by atoms with E-state index in [1.54, 1.807) is 53.4 Å². The van der Waals surface area contributed by atoms with Gasteiger partial charge in [0.15, 0.2) is 5.76 Å². The highest BCUT2D eigenvalue weighted by molar-refractivity contribution is 5.98. The minimum atomic E-state index is -0.769. The lowest BCUT2D eigenvalue weighted by Crippen LogP contribution is -2.53. The van der Waals surface area contributed by atoms with E-state index in [0.29, 0.717) is 43.0 Å². The molecule has 3 aromatic rings. The third-order valence-corrected chi connectivity index (χ3v) is 5.95. The number of carbonyl (C=O) groups excluding carboxylic acids is 3. The van der Waals surface area contributed by atoms with Crippen LogP contribution in [0, 0.1) is 5.92 Å². The van der Waals surface area contributed by atoms with Crippen molar-refractivity contribution in [2.45, 2.75) is 25.4 Å². The SMILES string of the molecule is COc1cccc(C(=O)N[C@H](C(=O)NCc2ccco2)C2CCN(C(=O)c3ccco3)CC2)c1. The molecule has 1 aliphatic heterocycles. The zero-order chi connectivity index (χ0) is 23.9. The fourth-order valence-electron chi connectivity index (χ4n) is 4.08. The van der Waals surface area contributed by atoms with Crippen molar-refractivity contribution < 1.29 is 28.0 Å². The molecule has 0 spiro atoms. The predicted octanol–water partition coefficient (Wildman–Crippen LogP) is 2.85. The van der Waals surface area contributed by atoms with Crippen LogP contribution in [-0.2, 0) is 11.3 Å². The molecule has 9 nitrogen and oxygen atoms in total. The van der Waals surface area contributed by atoms with Gasteiger partial charge >= 0.3 is 0 Å². The molecular formula is C25H27N3O6. The summed E-state index contributed by atoms with van der Waals surface area (Å²) in [6.45, 7) is 1.13. The molecule has 34 heavy (non-hydrogen) atoms. The van der Waals surface area contributed by atoms with Gasteiger partial charge in [0.2, 0.25) is 5.91 Å². The Labute approximate surface area is 197 Å². The Morgan fingerprint density at radius 2 is 1.82 bits per heavy atom. The van der Waals surface area contributed by atoms with Crippen molar-refractivity contribution in [1.29, 1.82) is 0 Å². The van der Waals surface area contributed by atoms with Gasteiger partial charge in [-0.05, 0) is 61.2 Å². The standard InChI is InChI=1S/C25H27N3O6/c1-32-19-6-2-5-18(15-19)23(29)27-22(24(30)26-16-20-7-3-13-33-20)17-9-11-28(12-10-17)25(31)21-8-4-14-34-21/h2-8,13-15,17,22H,9-12,16H2,1H3,(H,26,30)(H,27,29)/t22-/m0/s1. The molecule has 4 rings (SSSR count). The number of furan rings is 2. The maximum atomic E-state index is 13.1. The average molecular weight is 466 g/mol. The first-order valence-corrected chi connectivity index (χ1v) is 11.1. The maximum absolute atomic E-state index is 13.1. The number of nitrogens with zero attached hydrogens (tertiary/aromatic N) is 1. The summed E-state index contributed by atoms with van der Waals surface area (Å²) in [4.78, 5) is 40.4. The highest BCUT2D eigenvalue weighted by Gasteiger charge is 2.34. The van der Waals surface area contributed by atoms with Gasteiger partial charge in [-0.25, -0.2) is 0 Å². The maximum Gasteiger partial charge on any atom is 0.289 e. The van der Waals surface area contributed by atoms with Gasteiger partial charge in [0.05, 0.1) is 26.2 Å². The number of methoxy groups -OCH3 is 1. The van der Waals surface area contributed by atoms with Crippen molar-refractivity contribution in [2.75, 3.05) is 20.2 Å². The Morgan fingerprint density at radius 1 is 1.06 bits per heavy atom. The van der Waals surface area contributed by atoms with Crippen LogP contribution in [0.4, 0.5) is 0 Å². The van der Waals surface area contributed by atoms with Crippen LogP contribution in [0.2, 0.25) is 0 Å². The number of hydrogen-bond acceptors (Lipinski definition) is 6. The minimum absolute atomic E-state index is 0.146. The summed E-state index contributed by atoms with van der Waals surface area (Å²) in [6.07, 6.45) is 4.12. The van der Waals surface area contributed by atoms with Crippen LogP contribution in [0.25, 0.3) is 0 Å². The Morgan fingerprint density at radius 3 is 2.50 bits per heavy atom. The largest absolute Gasteiger partial charge is 0.497 e. The molecule has 9 heteroatoms. The second kappa shape index (κ2) is 10.7. The normalized spacial score (nSPS) is 14.9. The number of benzene rings is 1. The third-order valence-electron chi connectivity index (χ3n) is 5.95. The molecular weight excluding hydrogens is 438 g/mol. The summed E-state index contributed by atoms with van der Waals surface area (Å²) in [6, 6.07) is 12.8. The molecule has 0 aliphatic carbocycles. The van der Waals surface area contributed by atoms with Gasteiger partial charge in [0.25, 0.3) is 11.8 Å². The van der Waals surface area contributed by atoms with Crippen molar-refractivity contribution in [2.24, 2.45) is 5.92 Å². The van der Waals surface area contributed by atoms with Gasteiger partial charge < -0.3 is 29.1 Å². The lowest BCUT2D eigenvalue weighted by molar-refractivity contribution is -0.124. The highest BCUT2D eigenvalue weighted by Crippen LogP contribution is 2.23. The topological polar surface area (TPSA) is 114 Å². The van der Waals surface area contributed by atoms with Crippen molar-refractivity contribution in [3.63, 3.8) is 0 Å². The molecule has 178 valence electrons. The molecule has 3 heterocycles. The van der Waals surface area contributed by atoms with Gasteiger partial charge in [-0.1, -0.05) is 6.07 Å². The molecule has 1 aromatic carbocycles. The fraction of sp³-hybridized carbons (Fsp3) is 0.320. The van der Waals surface area contributed by atoms with Gasteiger partial charge in [-0.3, -0.25) is 14.4 Å². The lowest BCUT2D eigenvalue weighted by Gasteiger charge is -2.35. The van der Waals surface area contributed by atoms with Crippen LogP contribution in [0.5, 0.6) is 5.75 Å². The third kappa shape index (κ3) is 5.48. The van der Waals surface area contributed by atoms with Crippen LogP contribution >= 0.6 is 0 Å². The first-order chi connectivity index (χ1) is 16.5. The van der Waals surface area contributed by atoms with E-state index in [4.69, 9.17) is 13.6 Å². The van der Waals surface area contributed by atoms with Gasteiger partial charge in [-0.15, -0.1) is 0 Å². The second-order valence-corrected chi connectivity index (χ2v) is 8.09. The van der Waals surface area contributed by atoms with E-state index in [0.717, 1.165) is 0 Å². The van der Waals surface area contributed by atoms with Crippen molar-refractivity contribution >= 4 is 17.7 Å². The van der Waals surface area contributed by atoms with Crippen LogP contribution in [0.3, 0.4) is 0 Å². The van der Waals surface area contributed by atoms with Crippen LogP contribution < -0.4 is 15.4 Å². The summed E-state index contributed by atoms with van der Waals surface area (Å²) < 4.78 is 15.7. The summed E-state index contributed by atoms with van der Waals surface area (Å²) in [5.41, 5.74) is 0.397. The van der Waals surface area contributed by atoms with Gasteiger partial charge in [0.1, 0.15) is 17.6 Å². The van der Waals surface area contributed by atoms with E-state index < -0.39 is 6.04 Å². The van der Waals surface area contributed by atoms with E-state index in [2.05, 4.69) is 10.6 Å². The second-order valence-electron chi connectivity index (χ2n) is 8.09. The molecule has 0 radical (unpaired) electrons. The predicted molar refractivity (Wildman–Crippen MR) is 122 cm³/mol. The number of carbonyl (C=O) groups is 3. The lowest BCUT2D eigenvalue weighted by atomic mass is 9.88. The minimum Gasteiger partial charge on any atom is -0.497 e. The molecule has 0 bridgehead atoms. The summed E-state index contributed by atoms with van der Waals surface area (Å²) in [7, 11) is 1.53. The van der Waals surface area contributed by atoms with E-state index in [9.17, 15) is 14.4 Å². The number of amides is 3. The van der Waals surface area contributed by atoms with Crippen LogP contribution in [0.15, 0.2) is 69.9 Å². The van der Waals surface area contributed by atoms with Crippen LogP contribution in [-0.4, -0.2) is 48.9 Å². The van der Waals surface area contributed by atoms with Crippen LogP contribution in [0.1, 0.15) is 39.5 Å². The Bertz CT molecular complexity index is 1100. The number of likely N-dealkylation sites (tertiary alicyclic amines) is 1. The van der Waals surface area contributed by atoms with E-state index in [1.165, 1.54) is 19.6 Å². The first kappa shape index (κ1) is 23.2. The van der Waals surface area contributed by atoms with Crippen molar-refractivity contribution in [3.8, 4) is 5.75 Å². The Hall–Kier alpha value is -4.01. The van der Waals surface area contributed by atoms with Crippen molar-refractivity contribution in [1.82, 2.24) is 15.5 Å². The highest BCUT2D eigenvalue weighted by atomic mass is 16.5. The number of nitrogens with one attached hydrogen (secondary N) is 2. The quantitative estimate of drug-likeness (QED) is 0.529. The molecule has 0 unspecified atom stereocenters. The smallest absolute Gasteiger partial charge is 0.289 e. The number of hydrogen-bond donors (Lipinski definition) is 2. The van der Waals surface area contributed by atoms with E-state index in [-0.39, 0.29) is 35.9 Å². The number of rotatable bonds is 8. The average Bonchev–Trinajstić information content (AvgIpc) is 3.60. The van der Waals surface area contributed by atoms with E-state index in [1.807, 2.05) is 0 Å². The molecule has 1 saturated heterocycles. The Kier molecular flexibility index (Phi) is 7.31. The van der Waals surface area contributed by atoms with Gasteiger partial charge in [-0.2, -0.15) is 0 Å². The molecule has 2 N–H and O–H groups in total. The molecule has 2 aromatic heterocycles. The van der Waals surface area contributed by atoms with Gasteiger partial charge in [0, 0.05) is 18.7 Å². The molecule has 1 aliphatic rings. The molecule has 3 amide bonds. The fourth-order valence-corrected chi connectivity index (χ4v) is 4.08. The first-order valence-electron chi connectivity index (χ1n) is 11.1. The Balaban J connectivity index is 1.45. The summed E-state index contributed by atoms with van der Waals surface area (Å²) in [5, 5.41) is 5.75. The molecule has 0 saturated carbocycles. The monoisotopic (exact) mass is 465 g/mol. The molecule has 1 fully saturated rings. The molecule has 1 atom stereocenters. The zero-order valence-electron chi connectivity index (χ0n) is 18.9. The zero-order valence-corrected chi connectivity index (χ0v) is 18.9. The summed E-state index contributed by atoms with van der Waals surface area (Å²) in [5.74, 6) is 0.461. The number of piperidine rings is 1. The summed E-state index contributed by atoms with van der Waals surface area (Å²) >= 11 is 0.